The van der Waals surface area contributed by atoms with Gasteiger partial charge < -0.3 is 5.32 Å². The fourth-order valence-electron chi connectivity index (χ4n) is 4.42. The molecule has 7 nitrogen and oxygen atoms in total. The number of nitrogens with one attached hydrogen (secondary N) is 1. The average Bonchev–Trinajstić information content (AvgIpc) is 2.80. The predicted octanol–water partition coefficient (Wildman–Crippen LogP) is 5.26. The summed E-state index contributed by atoms with van der Waals surface area (Å²) in [6.07, 6.45) is 2.54. The van der Waals surface area contributed by atoms with Crippen LogP contribution in [0.2, 0.25) is 10.0 Å². The molecule has 0 amide bonds. The highest BCUT2D eigenvalue weighted by Crippen LogP contribution is 2.36. The van der Waals surface area contributed by atoms with E-state index in [9.17, 15) is 4.79 Å². The van der Waals surface area contributed by atoms with Crippen LogP contribution < -0.4 is 10.9 Å². The van der Waals surface area contributed by atoms with Crippen molar-refractivity contribution in [2.75, 3.05) is 18.9 Å². The topological polar surface area (TPSA) is 75.9 Å². The molecule has 0 unspecified atom stereocenters. The van der Waals surface area contributed by atoms with E-state index in [0.717, 1.165) is 18.7 Å². The number of halogens is 2. The Morgan fingerprint density at radius 2 is 1.85 bits per heavy atom. The van der Waals surface area contributed by atoms with Crippen molar-refractivity contribution >= 4 is 45.7 Å². The Kier molecular flexibility index (Phi) is 5.59. The normalized spacial score (nSPS) is 15.4. The SMILES string of the molecule is Cc1nn(-c2c(Cl)cccc2Cl)c(=O)c2cnc(Nc3ccc4c(c3)C(C)(C)N(C)CC4)nc12. The fourth-order valence-corrected chi connectivity index (χ4v) is 4.98. The number of benzene rings is 2. The maximum absolute atomic E-state index is 13.2. The van der Waals surface area contributed by atoms with E-state index in [0.29, 0.717) is 38.3 Å². The number of nitrogens with zero attached hydrogens (tertiary/aromatic N) is 5. The molecule has 0 fully saturated rings. The molecule has 0 spiro atoms. The Labute approximate surface area is 207 Å². The molecule has 3 heterocycles. The number of aryl methyl sites for hydroxylation is 1. The lowest BCUT2D eigenvalue weighted by Gasteiger charge is -2.41. The molecule has 1 N–H and O–H groups in total. The van der Waals surface area contributed by atoms with Crippen LogP contribution in [0.3, 0.4) is 0 Å². The van der Waals surface area contributed by atoms with Crippen molar-refractivity contribution in [3.63, 3.8) is 0 Å². The number of hydrogen-bond acceptors (Lipinski definition) is 6. The molecule has 0 saturated heterocycles. The zero-order chi connectivity index (χ0) is 24.2. The van der Waals surface area contributed by atoms with E-state index in [1.165, 1.54) is 22.0 Å². The first-order valence-electron chi connectivity index (χ1n) is 11.0. The van der Waals surface area contributed by atoms with Crippen LogP contribution in [0.5, 0.6) is 0 Å². The molecule has 2 aromatic carbocycles. The van der Waals surface area contributed by atoms with Gasteiger partial charge in [-0.25, -0.2) is 9.97 Å². The van der Waals surface area contributed by atoms with Crippen molar-refractivity contribution < 1.29 is 0 Å². The Balaban J connectivity index is 1.55. The van der Waals surface area contributed by atoms with Gasteiger partial charge in [0.15, 0.2) is 0 Å². The first kappa shape index (κ1) is 22.8. The second kappa shape index (κ2) is 8.34. The second-order valence-corrected chi connectivity index (χ2v) is 9.87. The summed E-state index contributed by atoms with van der Waals surface area (Å²) in [5, 5.41) is 8.73. The molecule has 0 saturated carbocycles. The fraction of sp³-hybridized carbons (Fsp3) is 0.280. The third kappa shape index (κ3) is 3.74. The minimum atomic E-state index is -0.388. The van der Waals surface area contributed by atoms with Gasteiger partial charge in [0.25, 0.3) is 5.56 Å². The highest BCUT2D eigenvalue weighted by molar-refractivity contribution is 6.37. The molecule has 1 aliphatic heterocycles. The monoisotopic (exact) mass is 494 g/mol. The van der Waals surface area contributed by atoms with E-state index in [1.807, 2.05) is 6.07 Å². The van der Waals surface area contributed by atoms with E-state index in [-0.39, 0.29) is 11.1 Å². The largest absolute Gasteiger partial charge is 0.324 e. The summed E-state index contributed by atoms with van der Waals surface area (Å²) in [6.45, 7) is 7.28. The molecular weight excluding hydrogens is 471 g/mol. The second-order valence-electron chi connectivity index (χ2n) is 9.06. The van der Waals surface area contributed by atoms with Crippen LogP contribution in [0.25, 0.3) is 16.6 Å². The maximum Gasteiger partial charge on any atom is 0.282 e. The maximum atomic E-state index is 13.2. The number of anilines is 2. The number of likely N-dealkylation sites (N-methyl/N-ethyl adjacent to an activating group) is 1. The van der Waals surface area contributed by atoms with Crippen molar-refractivity contribution in [3.05, 3.63) is 79.8 Å². The molecule has 9 heteroatoms. The summed E-state index contributed by atoms with van der Waals surface area (Å²) < 4.78 is 1.21. The minimum absolute atomic E-state index is 0.0684. The van der Waals surface area contributed by atoms with Crippen molar-refractivity contribution in [2.45, 2.75) is 32.7 Å². The quantitative estimate of drug-likeness (QED) is 0.418. The van der Waals surface area contributed by atoms with Crippen LogP contribution in [0, 0.1) is 6.92 Å². The van der Waals surface area contributed by atoms with Crippen molar-refractivity contribution in [1.82, 2.24) is 24.6 Å². The summed E-state index contributed by atoms with van der Waals surface area (Å²) in [5.41, 5.74) is 4.44. The standard InChI is InChI=1S/C25H24Cl2N6O/c1-14-21-17(23(34)33(31-14)22-19(26)6-5-7-20(22)27)13-28-24(30-21)29-16-9-8-15-10-11-32(4)25(2,3)18(15)12-16/h5-9,12-13H,10-11H2,1-4H3,(H,28,29,30). The molecule has 1 aliphatic rings. The summed E-state index contributed by atoms with van der Waals surface area (Å²) in [7, 11) is 2.15. The molecule has 0 bridgehead atoms. The molecule has 0 radical (unpaired) electrons. The number of aromatic nitrogens is 4. The van der Waals surface area contributed by atoms with Crippen LogP contribution in [0.1, 0.15) is 30.7 Å². The van der Waals surface area contributed by atoms with E-state index >= 15 is 0 Å². The van der Waals surface area contributed by atoms with Gasteiger partial charge in [-0.1, -0.05) is 35.3 Å². The van der Waals surface area contributed by atoms with E-state index in [2.05, 4.69) is 58.3 Å². The lowest BCUT2D eigenvalue weighted by Crippen LogP contribution is -2.43. The molecule has 174 valence electrons. The van der Waals surface area contributed by atoms with Gasteiger partial charge in [-0.05, 0) is 69.6 Å². The first-order chi connectivity index (χ1) is 16.2. The van der Waals surface area contributed by atoms with Crippen LogP contribution in [-0.2, 0) is 12.0 Å². The van der Waals surface area contributed by atoms with Gasteiger partial charge in [0.1, 0.15) is 11.2 Å². The molecular formula is C25H24Cl2N6O. The van der Waals surface area contributed by atoms with E-state index < -0.39 is 0 Å². The highest BCUT2D eigenvalue weighted by Gasteiger charge is 2.32. The van der Waals surface area contributed by atoms with Crippen LogP contribution in [0.4, 0.5) is 11.6 Å². The third-order valence-corrected chi connectivity index (χ3v) is 7.26. The van der Waals surface area contributed by atoms with Gasteiger partial charge in [0.05, 0.1) is 21.1 Å². The number of para-hydroxylation sites is 1. The zero-order valence-corrected chi connectivity index (χ0v) is 20.9. The van der Waals surface area contributed by atoms with Crippen LogP contribution >= 0.6 is 23.2 Å². The number of rotatable bonds is 3. The molecule has 2 aromatic heterocycles. The Morgan fingerprint density at radius 3 is 2.59 bits per heavy atom. The van der Waals surface area contributed by atoms with Gasteiger partial charge >= 0.3 is 0 Å². The summed E-state index contributed by atoms with van der Waals surface area (Å²) in [5.74, 6) is 0.396. The molecule has 4 aromatic rings. The van der Waals surface area contributed by atoms with Gasteiger partial charge in [-0.2, -0.15) is 9.78 Å². The summed E-state index contributed by atoms with van der Waals surface area (Å²) in [6, 6.07) is 11.4. The molecule has 5 rings (SSSR count). The molecule has 0 atom stereocenters. The summed E-state index contributed by atoms with van der Waals surface area (Å²) in [4.78, 5) is 24.6. The Morgan fingerprint density at radius 1 is 1.12 bits per heavy atom. The smallest absolute Gasteiger partial charge is 0.282 e. The van der Waals surface area contributed by atoms with E-state index in [4.69, 9.17) is 23.2 Å². The van der Waals surface area contributed by atoms with Crippen molar-refractivity contribution in [2.24, 2.45) is 0 Å². The van der Waals surface area contributed by atoms with Gasteiger partial charge in [-0.3, -0.25) is 9.69 Å². The number of hydrogen-bond donors (Lipinski definition) is 1. The van der Waals surface area contributed by atoms with Crippen LogP contribution in [-0.4, -0.2) is 38.2 Å². The lowest BCUT2D eigenvalue weighted by molar-refractivity contribution is 0.143. The highest BCUT2D eigenvalue weighted by atomic mass is 35.5. The van der Waals surface area contributed by atoms with Crippen LogP contribution in [0.15, 0.2) is 47.4 Å². The van der Waals surface area contributed by atoms with Gasteiger partial charge in [-0.15, -0.1) is 0 Å². The Bertz CT molecular complexity index is 1480. The van der Waals surface area contributed by atoms with Crippen molar-refractivity contribution in [1.29, 1.82) is 0 Å². The van der Waals surface area contributed by atoms with Crippen molar-refractivity contribution in [3.8, 4) is 5.69 Å². The van der Waals surface area contributed by atoms with E-state index in [1.54, 1.807) is 25.1 Å². The predicted molar refractivity (Wildman–Crippen MR) is 137 cm³/mol. The summed E-state index contributed by atoms with van der Waals surface area (Å²) >= 11 is 12.6. The molecule has 34 heavy (non-hydrogen) atoms. The first-order valence-corrected chi connectivity index (χ1v) is 11.7. The van der Waals surface area contributed by atoms with Gasteiger partial charge in [0.2, 0.25) is 5.95 Å². The third-order valence-electron chi connectivity index (χ3n) is 6.65. The molecule has 0 aliphatic carbocycles. The minimum Gasteiger partial charge on any atom is -0.324 e. The Hall–Kier alpha value is -3.00. The zero-order valence-electron chi connectivity index (χ0n) is 19.4. The van der Waals surface area contributed by atoms with Gasteiger partial charge in [0, 0.05) is 24.0 Å². The average molecular weight is 495 g/mol. The number of fused-ring (bicyclic) bond motifs is 2. The lowest BCUT2D eigenvalue weighted by atomic mass is 9.83.